The molecule has 0 aliphatic carbocycles. The van der Waals surface area contributed by atoms with Gasteiger partial charge >= 0.3 is 0 Å². The van der Waals surface area contributed by atoms with Gasteiger partial charge in [0, 0.05) is 23.8 Å². The fourth-order valence-electron chi connectivity index (χ4n) is 2.49. The van der Waals surface area contributed by atoms with Gasteiger partial charge < -0.3 is 5.73 Å². The van der Waals surface area contributed by atoms with Crippen LogP contribution in [-0.4, -0.2) is 4.98 Å². The first-order valence-electron chi connectivity index (χ1n) is 6.57. The molecule has 0 aliphatic rings. The predicted molar refractivity (Wildman–Crippen MR) is 78.8 cm³/mol. The van der Waals surface area contributed by atoms with Crippen LogP contribution < -0.4 is 5.73 Å². The van der Waals surface area contributed by atoms with E-state index in [1.54, 1.807) is 12.3 Å². The highest BCUT2D eigenvalue weighted by atomic mass is 19.1. The summed E-state index contributed by atoms with van der Waals surface area (Å²) in [6, 6.07) is 14.4. The molecule has 2 N–H and O–H groups in total. The maximum atomic E-state index is 13.2. The molecule has 3 aromatic rings. The van der Waals surface area contributed by atoms with Gasteiger partial charge in [-0.25, -0.2) is 4.39 Å². The molecular weight excluding hydrogens is 251 g/mol. The lowest BCUT2D eigenvalue weighted by molar-refractivity contribution is 0.622. The lowest BCUT2D eigenvalue weighted by atomic mass is 9.96. The molecule has 0 amide bonds. The van der Waals surface area contributed by atoms with Crippen molar-refractivity contribution in [2.75, 3.05) is 0 Å². The first kappa shape index (κ1) is 12.8. The van der Waals surface area contributed by atoms with Gasteiger partial charge in [0.05, 0.1) is 0 Å². The Hall–Kier alpha value is -2.26. The van der Waals surface area contributed by atoms with Gasteiger partial charge in [0.15, 0.2) is 0 Å². The van der Waals surface area contributed by atoms with E-state index in [1.807, 2.05) is 36.5 Å². The summed E-state index contributed by atoms with van der Waals surface area (Å²) in [4.78, 5) is 4.16. The summed E-state index contributed by atoms with van der Waals surface area (Å²) in [6.45, 7) is 0. The van der Waals surface area contributed by atoms with Gasteiger partial charge in [-0.15, -0.1) is 0 Å². The van der Waals surface area contributed by atoms with E-state index < -0.39 is 0 Å². The van der Waals surface area contributed by atoms with Crippen LogP contribution in [0.3, 0.4) is 0 Å². The topological polar surface area (TPSA) is 38.9 Å². The Bertz CT molecular complexity index is 734. The van der Waals surface area contributed by atoms with Gasteiger partial charge in [0.2, 0.25) is 0 Å². The average Bonchev–Trinajstić information content (AvgIpc) is 2.46. The third kappa shape index (κ3) is 2.53. The summed E-state index contributed by atoms with van der Waals surface area (Å²) >= 11 is 0. The lowest BCUT2D eigenvalue weighted by Gasteiger charge is -2.14. The number of rotatable bonds is 3. The molecule has 0 radical (unpaired) electrons. The lowest BCUT2D eigenvalue weighted by Crippen LogP contribution is -2.14. The maximum Gasteiger partial charge on any atom is 0.123 e. The third-order valence-electron chi connectivity index (χ3n) is 3.46. The van der Waals surface area contributed by atoms with Crippen LogP contribution in [0.4, 0.5) is 4.39 Å². The van der Waals surface area contributed by atoms with Crippen LogP contribution in [0.15, 0.2) is 60.9 Å². The highest BCUT2D eigenvalue weighted by Crippen LogP contribution is 2.24. The number of benzene rings is 2. The van der Waals surface area contributed by atoms with Crippen LogP contribution in [0.1, 0.15) is 17.2 Å². The average molecular weight is 266 g/mol. The fraction of sp³-hybridized carbons (Fsp3) is 0.118. The minimum Gasteiger partial charge on any atom is -0.324 e. The van der Waals surface area contributed by atoms with Crippen LogP contribution in [0.25, 0.3) is 10.8 Å². The van der Waals surface area contributed by atoms with Crippen molar-refractivity contribution in [3.8, 4) is 0 Å². The van der Waals surface area contributed by atoms with E-state index in [4.69, 9.17) is 5.73 Å². The number of pyridine rings is 1. The number of hydrogen-bond acceptors (Lipinski definition) is 2. The molecule has 0 spiro atoms. The Morgan fingerprint density at radius 3 is 2.80 bits per heavy atom. The smallest absolute Gasteiger partial charge is 0.123 e. The van der Waals surface area contributed by atoms with Gasteiger partial charge in [-0.2, -0.15) is 0 Å². The van der Waals surface area contributed by atoms with Crippen LogP contribution in [-0.2, 0) is 6.42 Å². The quantitative estimate of drug-likeness (QED) is 0.786. The zero-order chi connectivity index (χ0) is 13.9. The molecule has 2 aromatic carbocycles. The minimum absolute atomic E-state index is 0.176. The van der Waals surface area contributed by atoms with Crippen molar-refractivity contribution in [1.29, 1.82) is 0 Å². The second-order valence-electron chi connectivity index (χ2n) is 4.88. The van der Waals surface area contributed by atoms with Gasteiger partial charge in [-0.3, -0.25) is 4.98 Å². The van der Waals surface area contributed by atoms with Crippen LogP contribution >= 0.6 is 0 Å². The minimum atomic E-state index is -0.228. The Morgan fingerprint density at radius 2 is 1.95 bits per heavy atom. The van der Waals surface area contributed by atoms with Crippen molar-refractivity contribution in [2.45, 2.75) is 12.5 Å². The number of hydrogen-bond donors (Lipinski definition) is 1. The number of nitrogens with zero attached hydrogens (tertiary/aromatic N) is 1. The Labute approximate surface area is 117 Å². The first-order chi connectivity index (χ1) is 9.74. The highest BCUT2D eigenvalue weighted by molar-refractivity contribution is 5.85. The molecule has 1 aromatic heterocycles. The summed E-state index contributed by atoms with van der Waals surface area (Å²) in [7, 11) is 0. The third-order valence-corrected chi connectivity index (χ3v) is 3.46. The summed E-state index contributed by atoms with van der Waals surface area (Å²) in [5.74, 6) is -0.228. The molecule has 0 fully saturated rings. The molecule has 1 atom stereocenters. The van der Waals surface area contributed by atoms with Crippen molar-refractivity contribution < 1.29 is 4.39 Å². The van der Waals surface area contributed by atoms with Crippen molar-refractivity contribution in [3.05, 3.63) is 77.9 Å². The van der Waals surface area contributed by atoms with E-state index in [-0.39, 0.29) is 11.9 Å². The molecule has 0 bridgehead atoms. The van der Waals surface area contributed by atoms with Crippen molar-refractivity contribution >= 4 is 10.8 Å². The predicted octanol–water partition coefficient (Wildman–Crippen LogP) is 3.62. The molecule has 2 nitrogen and oxygen atoms in total. The standard InChI is InChI=1S/C17H15FN2/c18-14-5-1-3-12(9-14)10-17(19)15-6-2-4-13-7-8-20-11-16(13)15/h1-9,11,17H,10,19H2. The van der Waals surface area contributed by atoms with Crippen molar-refractivity contribution in [1.82, 2.24) is 4.98 Å². The van der Waals surface area contributed by atoms with E-state index in [9.17, 15) is 4.39 Å². The van der Waals surface area contributed by atoms with E-state index in [2.05, 4.69) is 4.98 Å². The number of aromatic nitrogens is 1. The second-order valence-corrected chi connectivity index (χ2v) is 4.88. The van der Waals surface area contributed by atoms with E-state index in [1.165, 1.54) is 12.1 Å². The number of halogens is 1. The molecule has 3 heteroatoms. The van der Waals surface area contributed by atoms with Gasteiger partial charge in [-0.1, -0.05) is 30.3 Å². The monoisotopic (exact) mass is 266 g/mol. The Morgan fingerprint density at radius 1 is 1.10 bits per heavy atom. The van der Waals surface area contributed by atoms with E-state index >= 15 is 0 Å². The zero-order valence-corrected chi connectivity index (χ0v) is 11.0. The van der Waals surface area contributed by atoms with E-state index in [0.29, 0.717) is 6.42 Å². The van der Waals surface area contributed by atoms with Gasteiger partial charge in [0.25, 0.3) is 0 Å². The van der Waals surface area contributed by atoms with Crippen molar-refractivity contribution in [2.24, 2.45) is 5.73 Å². The van der Waals surface area contributed by atoms with Crippen LogP contribution in [0.5, 0.6) is 0 Å². The highest BCUT2D eigenvalue weighted by Gasteiger charge is 2.11. The van der Waals surface area contributed by atoms with Crippen molar-refractivity contribution in [3.63, 3.8) is 0 Å². The SMILES string of the molecule is NC(Cc1cccc(F)c1)c1cccc2ccncc12. The molecule has 1 unspecified atom stereocenters. The normalized spacial score (nSPS) is 12.5. The number of fused-ring (bicyclic) bond motifs is 1. The molecule has 0 aliphatic heterocycles. The van der Waals surface area contributed by atoms with Gasteiger partial charge in [-0.05, 0) is 41.1 Å². The maximum absolute atomic E-state index is 13.2. The molecular formula is C17H15FN2. The Balaban J connectivity index is 1.94. The molecule has 3 rings (SSSR count). The second kappa shape index (κ2) is 5.39. The molecule has 0 saturated heterocycles. The fourth-order valence-corrected chi connectivity index (χ4v) is 2.49. The van der Waals surface area contributed by atoms with Gasteiger partial charge in [0.1, 0.15) is 5.82 Å². The molecule has 20 heavy (non-hydrogen) atoms. The molecule has 1 heterocycles. The van der Waals surface area contributed by atoms with E-state index in [0.717, 1.165) is 21.9 Å². The summed E-state index contributed by atoms with van der Waals surface area (Å²) in [5, 5.41) is 2.17. The summed E-state index contributed by atoms with van der Waals surface area (Å²) < 4.78 is 13.2. The zero-order valence-electron chi connectivity index (χ0n) is 11.0. The summed E-state index contributed by atoms with van der Waals surface area (Å²) in [5.41, 5.74) is 8.24. The first-order valence-corrected chi connectivity index (χ1v) is 6.57. The largest absolute Gasteiger partial charge is 0.324 e. The Kier molecular flexibility index (Phi) is 3.44. The number of nitrogens with two attached hydrogens (primary N) is 1. The van der Waals surface area contributed by atoms with Crippen LogP contribution in [0.2, 0.25) is 0 Å². The molecule has 0 saturated carbocycles. The van der Waals surface area contributed by atoms with Crippen LogP contribution in [0, 0.1) is 5.82 Å². The molecule has 100 valence electrons. The summed E-state index contributed by atoms with van der Waals surface area (Å²) in [6.07, 6.45) is 4.20.